The fourth-order valence-corrected chi connectivity index (χ4v) is 2.48. The largest absolute Gasteiger partial charge is 0.497 e. The number of halogens is 1. The van der Waals surface area contributed by atoms with Crippen molar-refractivity contribution in [2.75, 3.05) is 7.11 Å². The fourth-order valence-electron chi connectivity index (χ4n) is 1.39. The molecule has 2 aromatic rings. The lowest BCUT2D eigenvalue weighted by Crippen LogP contribution is -2.02. The lowest BCUT2D eigenvalue weighted by Gasteiger charge is -2.04. The zero-order valence-corrected chi connectivity index (χ0v) is 10.8. The molecule has 0 saturated carbocycles. The second-order valence-electron chi connectivity index (χ2n) is 3.22. The van der Waals surface area contributed by atoms with E-state index < -0.39 is 0 Å². The van der Waals surface area contributed by atoms with Gasteiger partial charge in [0, 0.05) is 0 Å². The molecular formula is C13H14ClOP. The van der Waals surface area contributed by atoms with Gasteiger partial charge >= 0.3 is 0 Å². The van der Waals surface area contributed by atoms with Gasteiger partial charge in [0.2, 0.25) is 0 Å². The maximum absolute atomic E-state index is 5.20. The Morgan fingerprint density at radius 2 is 1.56 bits per heavy atom. The Morgan fingerprint density at radius 1 is 0.875 bits per heavy atom. The van der Waals surface area contributed by atoms with E-state index in [0.717, 1.165) is 5.75 Å². The molecule has 0 aromatic heterocycles. The molecule has 0 amide bonds. The summed E-state index contributed by atoms with van der Waals surface area (Å²) in [6.07, 6.45) is 0. The molecule has 1 atom stereocenters. The minimum absolute atomic E-state index is 0. The van der Waals surface area contributed by atoms with Crippen LogP contribution in [0.2, 0.25) is 0 Å². The van der Waals surface area contributed by atoms with Gasteiger partial charge in [0.05, 0.1) is 7.11 Å². The number of rotatable bonds is 3. The SMILES string of the molecule is COc1cccc(Pc2ccccc2)c1.Cl. The van der Waals surface area contributed by atoms with Gasteiger partial charge in [-0.15, -0.1) is 12.4 Å². The molecule has 84 valence electrons. The van der Waals surface area contributed by atoms with Crippen LogP contribution in [0.15, 0.2) is 54.6 Å². The third-order valence-electron chi connectivity index (χ3n) is 2.13. The van der Waals surface area contributed by atoms with E-state index in [4.69, 9.17) is 4.74 Å². The molecule has 2 aromatic carbocycles. The van der Waals surface area contributed by atoms with Crippen molar-refractivity contribution in [3.8, 4) is 5.75 Å². The first kappa shape index (κ1) is 13.0. The molecule has 0 N–H and O–H groups in total. The molecule has 0 aliphatic carbocycles. The van der Waals surface area contributed by atoms with E-state index in [2.05, 4.69) is 36.4 Å². The summed E-state index contributed by atoms with van der Waals surface area (Å²) >= 11 is 0. The summed E-state index contributed by atoms with van der Waals surface area (Å²) < 4.78 is 5.20. The van der Waals surface area contributed by atoms with Gasteiger partial charge in [0.25, 0.3) is 0 Å². The second-order valence-corrected chi connectivity index (χ2v) is 4.63. The summed E-state index contributed by atoms with van der Waals surface area (Å²) in [6, 6.07) is 18.7. The standard InChI is InChI=1S/C13H13OP.ClH/c1-14-11-6-5-9-13(10-11)15-12-7-3-2-4-8-12;/h2-10,15H,1H3;1H. The van der Waals surface area contributed by atoms with Crippen LogP contribution in [0.4, 0.5) is 0 Å². The van der Waals surface area contributed by atoms with Gasteiger partial charge in [-0.2, -0.15) is 0 Å². The predicted molar refractivity (Wildman–Crippen MR) is 74.3 cm³/mol. The van der Waals surface area contributed by atoms with E-state index >= 15 is 0 Å². The lowest BCUT2D eigenvalue weighted by atomic mass is 10.3. The Labute approximate surface area is 104 Å². The zero-order chi connectivity index (χ0) is 10.5. The quantitative estimate of drug-likeness (QED) is 0.764. The molecule has 0 aliphatic rings. The highest BCUT2D eigenvalue weighted by molar-refractivity contribution is 7.55. The van der Waals surface area contributed by atoms with Gasteiger partial charge in [-0.25, -0.2) is 0 Å². The minimum Gasteiger partial charge on any atom is -0.497 e. The van der Waals surface area contributed by atoms with Crippen molar-refractivity contribution >= 4 is 31.6 Å². The molecule has 16 heavy (non-hydrogen) atoms. The Kier molecular flexibility index (Phi) is 5.31. The third kappa shape index (κ3) is 3.52. The molecule has 0 aliphatic heterocycles. The highest BCUT2D eigenvalue weighted by atomic mass is 35.5. The van der Waals surface area contributed by atoms with Crippen molar-refractivity contribution in [3.05, 3.63) is 54.6 Å². The predicted octanol–water partition coefficient (Wildman–Crippen LogP) is 2.75. The normalized spacial score (nSPS) is 10.1. The molecule has 0 spiro atoms. The van der Waals surface area contributed by atoms with Crippen molar-refractivity contribution in [2.24, 2.45) is 0 Å². The molecule has 1 unspecified atom stereocenters. The van der Waals surface area contributed by atoms with Gasteiger partial charge in [-0.3, -0.25) is 0 Å². The lowest BCUT2D eigenvalue weighted by molar-refractivity contribution is 0.415. The summed E-state index contributed by atoms with van der Waals surface area (Å²) in [5.74, 6) is 0.927. The van der Waals surface area contributed by atoms with Crippen LogP contribution in [0.1, 0.15) is 0 Å². The van der Waals surface area contributed by atoms with E-state index in [0.29, 0.717) is 8.58 Å². The van der Waals surface area contributed by atoms with Crippen LogP contribution in [0.5, 0.6) is 5.75 Å². The van der Waals surface area contributed by atoms with Crippen LogP contribution in [0.3, 0.4) is 0 Å². The Balaban J connectivity index is 0.00000128. The molecule has 0 fully saturated rings. The van der Waals surface area contributed by atoms with Crippen molar-refractivity contribution in [1.82, 2.24) is 0 Å². The number of methoxy groups -OCH3 is 1. The number of ether oxygens (including phenoxy) is 1. The van der Waals surface area contributed by atoms with Crippen LogP contribution in [0, 0.1) is 0 Å². The molecule has 0 bridgehead atoms. The first-order chi connectivity index (χ1) is 7.38. The Bertz CT molecular complexity index is 431. The van der Waals surface area contributed by atoms with E-state index in [1.807, 2.05) is 18.2 Å². The van der Waals surface area contributed by atoms with Gasteiger partial charge in [0.1, 0.15) is 5.75 Å². The maximum atomic E-state index is 5.20. The van der Waals surface area contributed by atoms with E-state index in [1.54, 1.807) is 7.11 Å². The van der Waals surface area contributed by atoms with E-state index in [-0.39, 0.29) is 12.4 Å². The van der Waals surface area contributed by atoms with E-state index in [9.17, 15) is 0 Å². The Hall–Kier alpha value is -1.04. The summed E-state index contributed by atoms with van der Waals surface area (Å²) in [7, 11) is 2.40. The van der Waals surface area contributed by atoms with Gasteiger partial charge in [-0.05, 0) is 22.7 Å². The van der Waals surface area contributed by atoms with Crippen molar-refractivity contribution < 1.29 is 4.74 Å². The number of hydrogen-bond acceptors (Lipinski definition) is 1. The minimum atomic E-state index is 0. The summed E-state index contributed by atoms with van der Waals surface area (Å²) in [6.45, 7) is 0. The number of benzene rings is 2. The highest BCUT2D eigenvalue weighted by Crippen LogP contribution is 2.14. The van der Waals surface area contributed by atoms with Gasteiger partial charge in [0.15, 0.2) is 0 Å². The van der Waals surface area contributed by atoms with Gasteiger partial charge in [-0.1, -0.05) is 51.0 Å². The van der Waals surface area contributed by atoms with Crippen LogP contribution in [0.25, 0.3) is 0 Å². The summed E-state index contributed by atoms with van der Waals surface area (Å²) in [5, 5.41) is 2.66. The topological polar surface area (TPSA) is 9.23 Å². The van der Waals surface area contributed by atoms with Crippen molar-refractivity contribution in [2.45, 2.75) is 0 Å². The monoisotopic (exact) mass is 252 g/mol. The second kappa shape index (κ2) is 6.52. The molecule has 0 saturated heterocycles. The maximum Gasteiger partial charge on any atom is 0.119 e. The zero-order valence-electron chi connectivity index (χ0n) is 9.01. The molecule has 2 rings (SSSR count). The average molecular weight is 253 g/mol. The summed E-state index contributed by atoms with van der Waals surface area (Å²) in [4.78, 5) is 0. The van der Waals surface area contributed by atoms with Crippen LogP contribution in [-0.2, 0) is 0 Å². The van der Waals surface area contributed by atoms with Crippen LogP contribution >= 0.6 is 21.0 Å². The molecular weight excluding hydrogens is 239 g/mol. The van der Waals surface area contributed by atoms with Crippen LogP contribution in [-0.4, -0.2) is 7.11 Å². The average Bonchev–Trinajstić information content (AvgIpc) is 2.31. The Morgan fingerprint density at radius 3 is 2.25 bits per heavy atom. The first-order valence-corrected chi connectivity index (χ1v) is 5.84. The third-order valence-corrected chi connectivity index (χ3v) is 3.35. The molecule has 0 heterocycles. The number of hydrogen-bond donors (Lipinski definition) is 0. The molecule has 0 radical (unpaired) electrons. The van der Waals surface area contributed by atoms with Crippen LogP contribution < -0.4 is 15.3 Å². The smallest absolute Gasteiger partial charge is 0.119 e. The van der Waals surface area contributed by atoms with Crippen molar-refractivity contribution in [3.63, 3.8) is 0 Å². The van der Waals surface area contributed by atoms with Gasteiger partial charge < -0.3 is 4.74 Å². The van der Waals surface area contributed by atoms with E-state index in [1.165, 1.54) is 10.6 Å². The first-order valence-electron chi connectivity index (χ1n) is 4.84. The van der Waals surface area contributed by atoms with Crippen molar-refractivity contribution in [1.29, 1.82) is 0 Å². The molecule has 3 heteroatoms. The fraction of sp³-hybridized carbons (Fsp3) is 0.0769. The molecule has 1 nitrogen and oxygen atoms in total. The highest BCUT2D eigenvalue weighted by Gasteiger charge is 1.97. The summed E-state index contributed by atoms with van der Waals surface area (Å²) in [5.41, 5.74) is 0.